The van der Waals surface area contributed by atoms with E-state index in [9.17, 15) is 37.5 Å². The Morgan fingerprint density at radius 2 is 1.59 bits per heavy atom. The maximum Gasteiger partial charge on any atom is 0.270 e. The molecule has 1 aliphatic carbocycles. The number of nitrogens with one attached hydrogen (secondary N) is 3. The van der Waals surface area contributed by atoms with Crippen LogP contribution in [-0.4, -0.2) is 147 Å². The largest absolute Gasteiger partial charge is 0.391 e. The second kappa shape index (κ2) is 23.1. The fourth-order valence-electron chi connectivity index (χ4n) is 10.1. The number of aryl methyl sites for hydroxylation is 1. The molecule has 4 N–H and O–H groups in total. The zero-order valence-electron chi connectivity index (χ0n) is 43.2. The fourth-order valence-corrected chi connectivity index (χ4v) is 12.3. The number of aromatic nitrogens is 4. The van der Waals surface area contributed by atoms with Crippen molar-refractivity contribution in [2.45, 2.75) is 128 Å². The minimum Gasteiger partial charge on any atom is -0.391 e. The third-order valence-electron chi connectivity index (χ3n) is 14.2. The highest BCUT2D eigenvalue weighted by atomic mass is 32.2. The predicted molar refractivity (Wildman–Crippen MR) is 283 cm³/mol. The number of fused-ring (bicyclic) bond motifs is 1. The smallest absolute Gasteiger partial charge is 0.270 e. The lowest BCUT2D eigenvalue weighted by Gasteiger charge is -2.35. The molecule has 3 fully saturated rings. The van der Waals surface area contributed by atoms with Crippen LogP contribution in [0.3, 0.4) is 0 Å². The highest BCUT2D eigenvalue weighted by molar-refractivity contribution is 7.89. The Morgan fingerprint density at radius 1 is 0.905 bits per heavy atom. The summed E-state index contributed by atoms with van der Waals surface area (Å²) >= 11 is 1.56. The molecule has 0 spiro atoms. The molecule has 0 unspecified atom stereocenters. The topological polar surface area (TPSA) is 232 Å². The van der Waals surface area contributed by atoms with Gasteiger partial charge in [-0.3, -0.25) is 24.0 Å². The average molecular weight is 1050 g/mol. The van der Waals surface area contributed by atoms with E-state index in [2.05, 4.69) is 25.9 Å². The highest BCUT2D eigenvalue weighted by Crippen LogP contribution is 2.35. The number of amides is 5. The number of hydrogen-bond donors (Lipinski definition) is 4. The summed E-state index contributed by atoms with van der Waals surface area (Å²) in [7, 11) is -0.378. The number of carbonyl (C=O) groups is 5. The molecule has 0 radical (unpaired) electrons. The van der Waals surface area contributed by atoms with Crippen LogP contribution in [-0.2, 0) is 35.7 Å². The van der Waals surface area contributed by atoms with Gasteiger partial charge in [-0.1, -0.05) is 64.3 Å². The predicted octanol–water partition coefficient (Wildman–Crippen LogP) is 6.02. The summed E-state index contributed by atoms with van der Waals surface area (Å²) in [4.78, 5) is 86.6. The standard InChI is InChI=1S/C53H69N11O8S2/c1-34-46(73-33-56-34)36-18-16-35(17-19-36)30-54-49(68)42-29-40(65)32-63(42)51(70)47(53(2,3)4)58-44(66)14-8-7-9-15-45(67)61-24-26-62(27-25-61)74(71,72)41-22-20-38(21-23-41)57-52-55-31-37-28-43(50(69)60(5)6)64(48(37)59-52)39-12-10-11-13-39/h16-23,28,31,33,39-40,42,47,65H,7-15,24-27,29-30,32H2,1-6H3,(H,54,68)(H,58,66)(H,55,57,59)/t40-,42+,47-/m1/s1. The van der Waals surface area contributed by atoms with E-state index >= 15 is 0 Å². The second-order valence-electron chi connectivity index (χ2n) is 20.9. The van der Waals surface area contributed by atoms with Gasteiger partial charge in [0.1, 0.15) is 23.4 Å². The van der Waals surface area contributed by atoms with Gasteiger partial charge in [0.15, 0.2) is 0 Å². The second-order valence-corrected chi connectivity index (χ2v) is 23.7. The maximum absolute atomic E-state index is 14.1. The summed E-state index contributed by atoms with van der Waals surface area (Å²) in [5, 5.41) is 20.4. The summed E-state index contributed by atoms with van der Waals surface area (Å²) in [5.41, 5.74) is 5.84. The number of nitrogens with zero attached hydrogens (tertiary/aromatic N) is 8. The summed E-state index contributed by atoms with van der Waals surface area (Å²) in [6.45, 7) is 8.52. The normalized spacial score (nSPS) is 18.1. The molecule has 5 heterocycles. The molecular formula is C53H69N11O8S2. The molecule has 2 aromatic carbocycles. The van der Waals surface area contributed by atoms with Crippen molar-refractivity contribution in [3.63, 3.8) is 0 Å². The SMILES string of the molecule is Cc1ncsc1-c1ccc(CNC(=O)[C@@H]2C[C@@H](O)CN2C(=O)[C@@H](NC(=O)CCCCCC(=O)N2CCN(S(=O)(=O)c3ccc(Nc4ncc5cc(C(=O)N(C)C)n(C6CCCC6)c5n4)cc3)CC2)C(C)(C)C)cc1. The van der Waals surface area contributed by atoms with E-state index < -0.39 is 39.5 Å². The monoisotopic (exact) mass is 1050 g/mol. The Hall–Kier alpha value is -6.29. The summed E-state index contributed by atoms with van der Waals surface area (Å²) in [5.74, 6) is -0.981. The van der Waals surface area contributed by atoms with Gasteiger partial charge in [-0.05, 0) is 79.5 Å². The van der Waals surface area contributed by atoms with Crippen molar-refractivity contribution in [3.05, 3.63) is 83.3 Å². The zero-order chi connectivity index (χ0) is 52.9. The first kappa shape index (κ1) is 54.0. The fraction of sp³-hybridized carbons (Fsp3) is 0.509. The Morgan fingerprint density at radius 3 is 2.24 bits per heavy atom. The molecule has 3 aliphatic rings. The van der Waals surface area contributed by atoms with Crippen molar-refractivity contribution in [1.29, 1.82) is 0 Å². The number of aliphatic hydroxyl groups excluding tert-OH is 1. The number of sulfonamides is 1. The Kier molecular flexibility index (Phi) is 16.8. The molecule has 5 aromatic rings. The van der Waals surface area contributed by atoms with Crippen molar-refractivity contribution in [1.82, 2.24) is 49.2 Å². The van der Waals surface area contributed by atoms with E-state index in [4.69, 9.17) is 4.98 Å². The van der Waals surface area contributed by atoms with Crippen LogP contribution in [0.15, 0.2) is 71.2 Å². The van der Waals surface area contributed by atoms with Crippen molar-refractivity contribution in [3.8, 4) is 10.4 Å². The van der Waals surface area contributed by atoms with Crippen LogP contribution in [0.5, 0.6) is 0 Å². The van der Waals surface area contributed by atoms with Crippen molar-refractivity contribution in [2.75, 3.05) is 52.1 Å². The number of anilines is 2. The molecule has 2 aliphatic heterocycles. The quantitative estimate of drug-likeness (QED) is 0.0739. The number of likely N-dealkylation sites (tertiary alicyclic amines) is 1. The van der Waals surface area contributed by atoms with Gasteiger partial charge >= 0.3 is 0 Å². The summed E-state index contributed by atoms with van der Waals surface area (Å²) < 4.78 is 30.8. The first-order valence-electron chi connectivity index (χ1n) is 25.6. The van der Waals surface area contributed by atoms with Gasteiger partial charge in [-0.25, -0.2) is 18.4 Å². The molecule has 2 saturated heterocycles. The molecule has 21 heteroatoms. The maximum atomic E-state index is 14.1. The minimum absolute atomic E-state index is 0.0238. The van der Waals surface area contributed by atoms with Crippen LogP contribution < -0.4 is 16.0 Å². The van der Waals surface area contributed by atoms with Gasteiger partial charge in [0, 0.05) is 95.9 Å². The molecule has 5 amide bonds. The van der Waals surface area contributed by atoms with E-state index in [1.807, 2.05) is 62.6 Å². The van der Waals surface area contributed by atoms with Crippen LogP contribution in [0.25, 0.3) is 21.5 Å². The number of thiazole rings is 1. The van der Waals surface area contributed by atoms with E-state index in [1.54, 1.807) is 59.1 Å². The van der Waals surface area contributed by atoms with Gasteiger partial charge in [0.2, 0.25) is 39.6 Å². The zero-order valence-corrected chi connectivity index (χ0v) is 44.8. The lowest BCUT2D eigenvalue weighted by molar-refractivity contribution is -0.144. The van der Waals surface area contributed by atoms with Gasteiger partial charge in [-0.15, -0.1) is 11.3 Å². The van der Waals surface area contributed by atoms with E-state index in [1.165, 1.54) is 21.3 Å². The lowest BCUT2D eigenvalue weighted by atomic mass is 9.85. The Balaban J connectivity index is 0.762. The number of aliphatic hydroxyl groups is 1. The van der Waals surface area contributed by atoms with Gasteiger partial charge in [0.05, 0.1) is 27.1 Å². The van der Waals surface area contributed by atoms with Crippen molar-refractivity contribution in [2.24, 2.45) is 5.41 Å². The minimum atomic E-state index is -3.84. The van der Waals surface area contributed by atoms with Gasteiger partial charge in [-0.2, -0.15) is 9.29 Å². The lowest BCUT2D eigenvalue weighted by Crippen LogP contribution is -2.57. The van der Waals surface area contributed by atoms with Crippen LogP contribution in [0.1, 0.15) is 113 Å². The first-order valence-corrected chi connectivity index (χ1v) is 27.9. The number of hydrogen-bond acceptors (Lipinski definition) is 13. The van der Waals surface area contributed by atoms with E-state index in [0.29, 0.717) is 42.2 Å². The molecule has 8 rings (SSSR count). The summed E-state index contributed by atoms with van der Waals surface area (Å²) in [6, 6.07) is 14.4. The molecule has 396 valence electrons. The van der Waals surface area contributed by atoms with Crippen LogP contribution >= 0.6 is 11.3 Å². The molecule has 74 heavy (non-hydrogen) atoms. The number of rotatable bonds is 18. The number of unbranched alkanes of at least 4 members (excludes halogenated alkanes) is 2. The Bertz CT molecular complexity index is 2940. The number of carbonyl (C=O) groups excluding carboxylic acids is 5. The molecule has 3 atom stereocenters. The average Bonchev–Trinajstić information content (AvgIpc) is 4.22. The number of β-amino-alcohol motifs (C(OH)–C–C–N with tert-alkyl or cyclic N) is 1. The molecule has 0 bridgehead atoms. The van der Waals surface area contributed by atoms with Crippen LogP contribution in [0, 0.1) is 12.3 Å². The van der Waals surface area contributed by atoms with E-state index in [0.717, 1.165) is 52.8 Å². The van der Waals surface area contributed by atoms with Crippen LogP contribution in [0.2, 0.25) is 0 Å². The molecular weight excluding hydrogens is 983 g/mol. The van der Waals surface area contributed by atoms with Gasteiger partial charge < -0.3 is 40.3 Å². The Labute approximate surface area is 437 Å². The van der Waals surface area contributed by atoms with Crippen LogP contribution in [0.4, 0.5) is 11.6 Å². The molecule has 19 nitrogen and oxygen atoms in total. The molecule has 3 aromatic heterocycles. The molecule has 1 saturated carbocycles. The first-order chi connectivity index (χ1) is 35.3. The highest BCUT2D eigenvalue weighted by Gasteiger charge is 2.44. The summed E-state index contributed by atoms with van der Waals surface area (Å²) in [6.07, 6.45) is 7.01. The van der Waals surface area contributed by atoms with Gasteiger partial charge in [0.25, 0.3) is 5.91 Å². The number of benzene rings is 2. The number of piperazine rings is 1. The van der Waals surface area contributed by atoms with Crippen molar-refractivity contribution >= 4 is 73.6 Å². The third-order valence-corrected chi connectivity index (χ3v) is 17.1. The van der Waals surface area contributed by atoms with E-state index in [-0.39, 0.29) is 93.1 Å². The van der Waals surface area contributed by atoms with Crippen molar-refractivity contribution < 1.29 is 37.5 Å². The third kappa shape index (κ3) is 12.4.